The Labute approximate surface area is 269 Å². The second kappa shape index (κ2) is 13.5. The Morgan fingerprint density at radius 2 is 1.63 bits per heavy atom. The normalized spacial score (nSPS) is 19.5. The van der Waals surface area contributed by atoms with Crippen LogP contribution in [0.25, 0.3) is 11.1 Å². The van der Waals surface area contributed by atoms with Crippen molar-refractivity contribution in [3.63, 3.8) is 0 Å². The first-order chi connectivity index (χ1) is 22.2. The highest BCUT2D eigenvalue weighted by atomic mass is 19.4. The van der Waals surface area contributed by atoms with Crippen molar-refractivity contribution in [2.45, 2.75) is 83.0 Å². The van der Waals surface area contributed by atoms with E-state index in [0.717, 1.165) is 86.1 Å². The van der Waals surface area contributed by atoms with Crippen molar-refractivity contribution >= 4 is 23.1 Å². The molecule has 1 aliphatic carbocycles. The van der Waals surface area contributed by atoms with E-state index >= 15 is 0 Å². The van der Waals surface area contributed by atoms with E-state index in [4.69, 9.17) is 5.73 Å². The number of unbranched alkanes of at least 4 members (excludes halogenated alkanes) is 1. The molecule has 9 heteroatoms. The van der Waals surface area contributed by atoms with E-state index in [1.54, 1.807) is 0 Å². The molecule has 2 heterocycles. The Bertz CT molecular complexity index is 1600. The molecule has 2 fully saturated rings. The van der Waals surface area contributed by atoms with Gasteiger partial charge in [-0.1, -0.05) is 49.7 Å². The van der Waals surface area contributed by atoms with Gasteiger partial charge in [-0.3, -0.25) is 9.59 Å². The molecule has 0 saturated carbocycles. The van der Waals surface area contributed by atoms with Gasteiger partial charge in [-0.05, 0) is 97.4 Å². The molecule has 2 saturated heterocycles. The highest BCUT2D eigenvalue weighted by molar-refractivity contribution is 6.17. The summed E-state index contributed by atoms with van der Waals surface area (Å²) in [5, 5.41) is 2.17. The number of para-hydroxylation sites is 1. The number of alkyl halides is 3. The number of fused-ring (bicyclic) bond motifs is 3. The Balaban J connectivity index is 1.59. The quantitative estimate of drug-likeness (QED) is 0.242. The molecular formula is C37H43F3N4O2. The second-order valence-electron chi connectivity index (χ2n) is 12.8. The van der Waals surface area contributed by atoms with Crippen molar-refractivity contribution in [1.29, 1.82) is 0 Å². The summed E-state index contributed by atoms with van der Waals surface area (Å²) in [6, 6.07) is 17.1. The van der Waals surface area contributed by atoms with Gasteiger partial charge in [0.05, 0.1) is 17.8 Å². The molecule has 2 unspecified atom stereocenters. The average molecular weight is 633 g/mol. The van der Waals surface area contributed by atoms with Crippen molar-refractivity contribution < 1.29 is 22.8 Å². The summed E-state index contributed by atoms with van der Waals surface area (Å²) in [5.74, 6) is -1.72. The third-order valence-electron chi connectivity index (χ3n) is 9.73. The lowest BCUT2D eigenvalue weighted by atomic mass is 9.84. The van der Waals surface area contributed by atoms with Gasteiger partial charge < -0.3 is 20.9 Å². The van der Waals surface area contributed by atoms with Gasteiger partial charge in [0.1, 0.15) is 6.54 Å². The predicted molar refractivity (Wildman–Crippen MR) is 177 cm³/mol. The molecule has 6 rings (SSSR count). The molecule has 244 valence electrons. The van der Waals surface area contributed by atoms with Crippen molar-refractivity contribution in [3.05, 3.63) is 82.4 Å². The molecule has 3 aliphatic rings. The molecule has 0 bridgehead atoms. The number of halogens is 3. The maximum Gasteiger partial charge on any atom is 0.405 e. The van der Waals surface area contributed by atoms with Gasteiger partial charge in [-0.2, -0.15) is 13.2 Å². The van der Waals surface area contributed by atoms with Crippen LogP contribution in [-0.2, 0) is 11.2 Å². The minimum Gasteiger partial charge on any atom is -0.371 e. The Morgan fingerprint density at radius 1 is 0.913 bits per heavy atom. The summed E-state index contributed by atoms with van der Waals surface area (Å²) in [5.41, 5.74) is 13.3. The minimum atomic E-state index is -4.54. The lowest BCUT2D eigenvalue weighted by molar-refractivity contribution is -0.138. The summed E-state index contributed by atoms with van der Waals surface area (Å²) in [7, 11) is 0. The molecule has 0 radical (unpaired) electrons. The van der Waals surface area contributed by atoms with Crippen LogP contribution >= 0.6 is 0 Å². The number of carbonyl (C=O) groups excluding carboxylic acids is 2. The van der Waals surface area contributed by atoms with Crippen LogP contribution < -0.4 is 20.9 Å². The third kappa shape index (κ3) is 6.26. The molecular weight excluding hydrogens is 589 g/mol. The lowest BCUT2D eigenvalue weighted by Crippen LogP contribution is -2.47. The highest BCUT2D eigenvalue weighted by Gasteiger charge is 2.41. The van der Waals surface area contributed by atoms with Gasteiger partial charge in [0.15, 0.2) is 5.78 Å². The van der Waals surface area contributed by atoms with Crippen molar-refractivity contribution in [2.75, 3.05) is 36.0 Å². The predicted octanol–water partition coefficient (Wildman–Crippen LogP) is 7.32. The molecule has 2 aliphatic heterocycles. The topological polar surface area (TPSA) is 78.7 Å². The average Bonchev–Trinajstić information content (AvgIpc) is 3.40. The monoisotopic (exact) mass is 632 g/mol. The number of hydrogen-bond acceptors (Lipinski definition) is 5. The van der Waals surface area contributed by atoms with Crippen molar-refractivity contribution in [1.82, 2.24) is 5.32 Å². The fourth-order valence-corrected chi connectivity index (χ4v) is 7.57. The maximum atomic E-state index is 14.9. The number of nitrogens with one attached hydrogen (secondary N) is 1. The first-order valence-corrected chi connectivity index (χ1v) is 16.7. The van der Waals surface area contributed by atoms with Gasteiger partial charge in [-0.25, -0.2) is 0 Å². The van der Waals surface area contributed by atoms with E-state index in [0.29, 0.717) is 35.2 Å². The third-order valence-corrected chi connectivity index (χ3v) is 9.73. The van der Waals surface area contributed by atoms with E-state index < -0.39 is 24.5 Å². The summed E-state index contributed by atoms with van der Waals surface area (Å²) >= 11 is 0. The molecule has 0 aromatic heterocycles. The standard InChI is InChI=1S/C37H43F3N4O2/c1-2-3-13-27-32-28(24-14-5-6-15-25(24)33(32)36(46)42-23-37(38,39)40)22-29(34(27)44-21-12-9-18-31(44)41)35(45)26-16-7-8-17-30(26)43-19-10-4-11-20-43/h5-8,14-17,22,31,33H,2-4,9-13,18-21,23,41H2,1H3,(H,42,46). The van der Waals surface area contributed by atoms with E-state index in [2.05, 4.69) is 22.0 Å². The number of rotatable bonds is 9. The molecule has 3 N–H and O–H groups in total. The molecule has 3 aromatic carbocycles. The van der Waals surface area contributed by atoms with Crippen LogP contribution in [0.5, 0.6) is 0 Å². The second-order valence-corrected chi connectivity index (χ2v) is 12.8. The largest absolute Gasteiger partial charge is 0.405 e. The molecule has 46 heavy (non-hydrogen) atoms. The maximum absolute atomic E-state index is 14.9. The molecule has 1 amide bonds. The van der Waals surface area contributed by atoms with E-state index in [1.165, 1.54) is 6.42 Å². The first kappa shape index (κ1) is 32.1. The summed E-state index contributed by atoms with van der Waals surface area (Å²) < 4.78 is 39.9. The van der Waals surface area contributed by atoms with Gasteiger partial charge in [0, 0.05) is 36.4 Å². The van der Waals surface area contributed by atoms with Crippen LogP contribution in [0.3, 0.4) is 0 Å². The van der Waals surface area contributed by atoms with Crippen LogP contribution in [-0.4, -0.2) is 50.2 Å². The van der Waals surface area contributed by atoms with Crippen LogP contribution in [0, 0.1) is 0 Å². The SMILES string of the molecule is CCCCc1c2c(cc(C(=O)c3ccccc3N3CCCCC3)c1N1CCCCC1N)-c1ccccc1C2C(=O)NCC(F)(F)F. The fourth-order valence-electron chi connectivity index (χ4n) is 7.57. The van der Waals surface area contributed by atoms with Gasteiger partial charge in [0.25, 0.3) is 0 Å². The van der Waals surface area contributed by atoms with Crippen LogP contribution in [0.4, 0.5) is 24.5 Å². The molecule has 2 atom stereocenters. The van der Waals surface area contributed by atoms with E-state index in [1.807, 2.05) is 54.6 Å². The van der Waals surface area contributed by atoms with Gasteiger partial charge in [-0.15, -0.1) is 0 Å². The van der Waals surface area contributed by atoms with E-state index in [9.17, 15) is 22.8 Å². The number of carbonyl (C=O) groups is 2. The van der Waals surface area contributed by atoms with Crippen LogP contribution in [0.2, 0.25) is 0 Å². The number of hydrogen-bond donors (Lipinski definition) is 2. The Morgan fingerprint density at radius 3 is 2.37 bits per heavy atom. The number of nitrogens with two attached hydrogens (primary N) is 1. The van der Waals surface area contributed by atoms with Crippen LogP contribution in [0.15, 0.2) is 54.6 Å². The number of anilines is 2. The number of nitrogens with zero attached hydrogens (tertiary/aromatic N) is 2. The summed E-state index contributed by atoms with van der Waals surface area (Å²) in [6.45, 7) is 3.12. The number of ketones is 1. The minimum absolute atomic E-state index is 0.100. The number of piperidine rings is 2. The zero-order valence-electron chi connectivity index (χ0n) is 26.5. The first-order valence-electron chi connectivity index (χ1n) is 16.7. The molecule has 0 spiro atoms. The Kier molecular flexibility index (Phi) is 9.41. The molecule has 6 nitrogen and oxygen atoms in total. The highest BCUT2D eigenvalue weighted by Crippen LogP contribution is 2.51. The number of benzene rings is 3. The number of amides is 1. The summed E-state index contributed by atoms with van der Waals surface area (Å²) in [4.78, 5) is 33.1. The Hall–Kier alpha value is -3.85. The van der Waals surface area contributed by atoms with E-state index in [-0.39, 0.29) is 11.9 Å². The van der Waals surface area contributed by atoms with Gasteiger partial charge >= 0.3 is 6.18 Å². The zero-order valence-corrected chi connectivity index (χ0v) is 26.5. The lowest BCUT2D eigenvalue weighted by Gasteiger charge is -2.39. The van der Waals surface area contributed by atoms with Gasteiger partial charge in [0.2, 0.25) is 5.91 Å². The van der Waals surface area contributed by atoms with Crippen molar-refractivity contribution in [3.8, 4) is 11.1 Å². The van der Waals surface area contributed by atoms with Crippen LogP contribution in [0.1, 0.15) is 96.8 Å². The zero-order chi connectivity index (χ0) is 32.4. The fraction of sp³-hybridized carbons (Fsp3) is 0.459. The molecule has 3 aromatic rings. The van der Waals surface area contributed by atoms with Crippen molar-refractivity contribution in [2.24, 2.45) is 5.73 Å². The summed E-state index contributed by atoms with van der Waals surface area (Å²) in [6.07, 6.45) is 3.34. The smallest absolute Gasteiger partial charge is 0.371 e.